The van der Waals surface area contributed by atoms with E-state index in [1.54, 1.807) is 0 Å². The zero-order valence-electron chi connectivity index (χ0n) is 11.6. The number of carbonyl (C=O) groups is 1. The molecule has 1 heterocycles. The van der Waals surface area contributed by atoms with Crippen molar-refractivity contribution in [2.75, 3.05) is 11.5 Å². The largest absolute Gasteiger partial charge is 0.368 e. The third-order valence-corrected chi connectivity index (χ3v) is 3.56. The molecule has 4 N–H and O–H groups in total. The van der Waals surface area contributed by atoms with Crippen molar-refractivity contribution in [1.82, 2.24) is 20.5 Å². The molecule has 1 aromatic rings. The van der Waals surface area contributed by atoms with Crippen molar-refractivity contribution in [3.8, 4) is 0 Å². The van der Waals surface area contributed by atoms with Gasteiger partial charge in [0.1, 0.15) is 0 Å². The van der Waals surface area contributed by atoms with Gasteiger partial charge in [-0.1, -0.05) is 44.4 Å². The van der Waals surface area contributed by atoms with Crippen molar-refractivity contribution in [2.24, 2.45) is 0 Å². The van der Waals surface area contributed by atoms with Gasteiger partial charge >= 0.3 is 0 Å². The molecule has 1 atom stereocenters. The molecule has 1 amide bonds. The molecular weight excluding hydrogens is 262 g/mol. The number of nitrogen functional groups attached to an aromatic ring is 1. The summed E-state index contributed by atoms with van der Waals surface area (Å²) >= 11 is 1.28. The van der Waals surface area contributed by atoms with E-state index in [1.807, 2.05) is 6.92 Å². The number of hydrogen-bond donors (Lipinski definition) is 3. The van der Waals surface area contributed by atoms with Crippen LogP contribution in [-0.4, -0.2) is 32.9 Å². The maximum Gasteiger partial charge on any atom is 0.230 e. The summed E-state index contributed by atoms with van der Waals surface area (Å²) in [5.74, 6) is 0.597. The van der Waals surface area contributed by atoms with E-state index >= 15 is 0 Å². The van der Waals surface area contributed by atoms with E-state index in [1.165, 1.54) is 37.4 Å². The standard InChI is InChI=1S/C12H23N5OS/c1-3-4-5-6-7-9(2)14-10(18)8-19-12-15-11(13)16-17-12/h9H,3-8H2,1-2H3,(H,14,18)(H3,13,15,16,17). The van der Waals surface area contributed by atoms with Crippen LogP contribution in [0.25, 0.3) is 0 Å². The van der Waals surface area contributed by atoms with Crippen LogP contribution in [0.1, 0.15) is 46.0 Å². The number of nitrogens with two attached hydrogens (primary N) is 1. The normalized spacial score (nSPS) is 12.3. The number of amides is 1. The molecule has 0 saturated heterocycles. The summed E-state index contributed by atoms with van der Waals surface area (Å²) in [5.41, 5.74) is 5.40. The number of nitrogens with one attached hydrogen (secondary N) is 2. The van der Waals surface area contributed by atoms with Gasteiger partial charge in [-0.15, -0.1) is 5.10 Å². The topological polar surface area (TPSA) is 96.7 Å². The molecule has 0 radical (unpaired) electrons. The Labute approximate surface area is 118 Å². The van der Waals surface area contributed by atoms with Gasteiger partial charge in [-0.05, 0) is 13.3 Å². The van der Waals surface area contributed by atoms with Gasteiger partial charge in [-0.25, -0.2) is 5.10 Å². The Balaban J connectivity index is 2.12. The summed E-state index contributed by atoms with van der Waals surface area (Å²) < 4.78 is 0. The second-order valence-corrected chi connectivity index (χ2v) is 5.55. The minimum Gasteiger partial charge on any atom is -0.368 e. The predicted molar refractivity (Wildman–Crippen MR) is 77.9 cm³/mol. The van der Waals surface area contributed by atoms with Crippen LogP contribution in [0.2, 0.25) is 0 Å². The Hall–Kier alpha value is -1.24. The summed E-state index contributed by atoms with van der Waals surface area (Å²) in [5, 5.41) is 9.88. The number of rotatable bonds is 9. The lowest BCUT2D eigenvalue weighted by Crippen LogP contribution is -2.33. The number of carbonyl (C=O) groups excluding carboxylic acids is 1. The van der Waals surface area contributed by atoms with Crippen LogP contribution in [0.4, 0.5) is 5.95 Å². The zero-order chi connectivity index (χ0) is 14.1. The van der Waals surface area contributed by atoms with Crippen molar-refractivity contribution in [1.29, 1.82) is 0 Å². The fourth-order valence-electron chi connectivity index (χ4n) is 1.72. The molecule has 0 aliphatic rings. The number of hydrogen-bond acceptors (Lipinski definition) is 5. The first-order valence-corrected chi connectivity index (χ1v) is 7.70. The molecule has 0 aromatic carbocycles. The third-order valence-electron chi connectivity index (χ3n) is 2.71. The first kappa shape index (κ1) is 15.8. The van der Waals surface area contributed by atoms with Gasteiger partial charge in [0, 0.05) is 6.04 Å². The molecular formula is C12H23N5OS. The zero-order valence-corrected chi connectivity index (χ0v) is 12.4. The smallest absolute Gasteiger partial charge is 0.230 e. The van der Waals surface area contributed by atoms with Gasteiger partial charge in [0.25, 0.3) is 0 Å². The van der Waals surface area contributed by atoms with Gasteiger partial charge in [-0.2, -0.15) is 4.98 Å². The Kier molecular flexibility index (Phi) is 7.32. The number of nitrogens with zero attached hydrogens (tertiary/aromatic N) is 2. The van der Waals surface area contributed by atoms with E-state index in [-0.39, 0.29) is 17.9 Å². The highest BCUT2D eigenvalue weighted by Gasteiger charge is 2.09. The fraction of sp³-hybridized carbons (Fsp3) is 0.750. The second kappa shape index (κ2) is 8.79. The van der Waals surface area contributed by atoms with Crippen LogP contribution in [0, 0.1) is 0 Å². The van der Waals surface area contributed by atoms with E-state index in [4.69, 9.17) is 5.73 Å². The highest BCUT2D eigenvalue weighted by atomic mass is 32.2. The van der Waals surface area contributed by atoms with Gasteiger partial charge in [-0.3, -0.25) is 4.79 Å². The molecule has 0 aliphatic heterocycles. The van der Waals surface area contributed by atoms with E-state index in [9.17, 15) is 4.79 Å². The molecule has 108 valence electrons. The minimum atomic E-state index is 0.0105. The first-order chi connectivity index (χ1) is 9.11. The molecule has 0 saturated carbocycles. The summed E-state index contributed by atoms with van der Waals surface area (Å²) in [4.78, 5) is 15.6. The van der Waals surface area contributed by atoms with Crippen LogP contribution in [-0.2, 0) is 4.79 Å². The first-order valence-electron chi connectivity index (χ1n) is 6.71. The van der Waals surface area contributed by atoms with Gasteiger partial charge in [0.05, 0.1) is 5.75 Å². The van der Waals surface area contributed by atoms with Gasteiger partial charge < -0.3 is 11.1 Å². The van der Waals surface area contributed by atoms with Crippen LogP contribution < -0.4 is 11.1 Å². The summed E-state index contributed by atoms with van der Waals surface area (Å²) in [6, 6.07) is 0.224. The number of thioether (sulfide) groups is 1. The molecule has 0 fully saturated rings. The molecule has 0 spiro atoms. The molecule has 0 bridgehead atoms. The molecule has 6 nitrogen and oxygen atoms in total. The molecule has 1 aromatic heterocycles. The Morgan fingerprint density at radius 3 is 2.89 bits per heavy atom. The Bertz CT molecular complexity index is 382. The fourth-order valence-corrected chi connectivity index (χ4v) is 2.34. The predicted octanol–water partition coefficient (Wildman–Crippen LogP) is 1.95. The van der Waals surface area contributed by atoms with E-state index in [2.05, 4.69) is 27.4 Å². The van der Waals surface area contributed by atoms with Crippen molar-refractivity contribution in [2.45, 2.75) is 57.1 Å². The molecule has 0 aliphatic carbocycles. The lowest BCUT2D eigenvalue weighted by molar-refractivity contribution is -0.119. The van der Waals surface area contributed by atoms with Crippen LogP contribution in [0.5, 0.6) is 0 Å². The molecule has 19 heavy (non-hydrogen) atoms. The van der Waals surface area contributed by atoms with E-state index in [0.29, 0.717) is 10.9 Å². The number of anilines is 1. The molecule has 1 rings (SSSR count). The van der Waals surface area contributed by atoms with Gasteiger partial charge in [0.2, 0.25) is 17.0 Å². The third kappa shape index (κ3) is 7.05. The number of unbranched alkanes of at least 4 members (excludes halogenated alkanes) is 3. The average Bonchev–Trinajstić information content (AvgIpc) is 2.78. The van der Waals surface area contributed by atoms with Crippen molar-refractivity contribution in [3.63, 3.8) is 0 Å². The van der Waals surface area contributed by atoms with E-state index in [0.717, 1.165) is 6.42 Å². The number of H-pyrrole nitrogens is 1. The highest BCUT2D eigenvalue weighted by Crippen LogP contribution is 2.12. The lowest BCUT2D eigenvalue weighted by atomic mass is 10.1. The van der Waals surface area contributed by atoms with Crippen molar-refractivity contribution in [3.05, 3.63) is 0 Å². The second-order valence-electron chi connectivity index (χ2n) is 4.61. The van der Waals surface area contributed by atoms with Crippen LogP contribution >= 0.6 is 11.8 Å². The van der Waals surface area contributed by atoms with Crippen LogP contribution in [0.3, 0.4) is 0 Å². The monoisotopic (exact) mass is 285 g/mol. The number of aromatic nitrogens is 3. The summed E-state index contributed by atoms with van der Waals surface area (Å²) in [6.45, 7) is 4.23. The van der Waals surface area contributed by atoms with E-state index < -0.39 is 0 Å². The average molecular weight is 285 g/mol. The SMILES string of the molecule is CCCCCCC(C)NC(=O)CSc1n[nH]c(N)n1. The lowest BCUT2D eigenvalue weighted by Gasteiger charge is -2.13. The Morgan fingerprint density at radius 1 is 1.47 bits per heavy atom. The maximum atomic E-state index is 11.7. The van der Waals surface area contributed by atoms with Gasteiger partial charge in [0.15, 0.2) is 0 Å². The number of aromatic amines is 1. The summed E-state index contributed by atoms with van der Waals surface area (Å²) in [6.07, 6.45) is 5.94. The van der Waals surface area contributed by atoms with Crippen molar-refractivity contribution >= 4 is 23.6 Å². The molecule has 7 heteroatoms. The highest BCUT2D eigenvalue weighted by molar-refractivity contribution is 7.99. The van der Waals surface area contributed by atoms with Crippen molar-refractivity contribution < 1.29 is 4.79 Å². The summed E-state index contributed by atoms with van der Waals surface area (Å²) in [7, 11) is 0. The Morgan fingerprint density at radius 2 is 2.26 bits per heavy atom. The quantitative estimate of drug-likeness (QED) is 0.476. The van der Waals surface area contributed by atoms with Crippen LogP contribution in [0.15, 0.2) is 5.16 Å². The molecule has 1 unspecified atom stereocenters. The minimum absolute atomic E-state index is 0.0105. The maximum absolute atomic E-state index is 11.7.